The lowest BCUT2D eigenvalue weighted by molar-refractivity contribution is 0.174. The molecule has 0 bridgehead atoms. The van der Waals surface area contributed by atoms with E-state index < -0.39 is 0 Å². The number of fused-ring (bicyclic) bond motifs is 1. The van der Waals surface area contributed by atoms with E-state index in [1.807, 2.05) is 18.2 Å². The minimum absolute atomic E-state index is 0.233. The highest BCUT2D eigenvalue weighted by atomic mass is 16.7. The van der Waals surface area contributed by atoms with E-state index in [1.54, 1.807) is 4.68 Å². The molecule has 0 aliphatic carbocycles. The van der Waals surface area contributed by atoms with Crippen LogP contribution in [0.25, 0.3) is 11.3 Å². The Labute approximate surface area is 110 Å². The molecule has 6 heteroatoms. The molecule has 19 heavy (non-hydrogen) atoms. The number of hydrogen-bond acceptors (Lipinski definition) is 5. The third-order valence-corrected chi connectivity index (χ3v) is 2.92. The zero-order valence-corrected chi connectivity index (χ0v) is 10.5. The van der Waals surface area contributed by atoms with Crippen LogP contribution >= 0.6 is 0 Å². The highest BCUT2D eigenvalue weighted by Crippen LogP contribution is 2.36. The summed E-state index contributed by atoms with van der Waals surface area (Å²) in [5.74, 6) is 1.41. The van der Waals surface area contributed by atoms with Gasteiger partial charge < -0.3 is 9.47 Å². The van der Waals surface area contributed by atoms with Crippen molar-refractivity contribution in [2.75, 3.05) is 6.79 Å². The minimum Gasteiger partial charge on any atom is -0.454 e. The second-order valence-corrected chi connectivity index (χ2v) is 4.19. The van der Waals surface area contributed by atoms with Crippen molar-refractivity contribution in [2.24, 2.45) is 0 Å². The number of hydrogen-bond donors (Lipinski definition) is 0. The molecule has 6 nitrogen and oxygen atoms in total. The van der Waals surface area contributed by atoms with E-state index in [4.69, 9.17) is 14.7 Å². The summed E-state index contributed by atoms with van der Waals surface area (Å²) >= 11 is 0. The Morgan fingerprint density at radius 1 is 1.37 bits per heavy atom. The third-order valence-electron chi connectivity index (χ3n) is 2.92. The summed E-state index contributed by atoms with van der Waals surface area (Å²) < 4.78 is 12.4. The summed E-state index contributed by atoms with van der Waals surface area (Å²) in [6, 6.07) is 7.65. The lowest BCUT2D eigenvalue weighted by Gasteiger charge is -2.06. The topological polar surface area (TPSA) is 73.0 Å². The molecule has 0 N–H and O–H groups in total. The second-order valence-electron chi connectivity index (χ2n) is 4.19. The van der Waals surface area contributed by atoms with E-state index in [2.05, 4.69) is 23.3 Å². The Bertz CT molecular complexity index is 657. The van der Waals surface area contributed by atoms with Crippen LogP contribution in [0.1, 0.15) is 19.0 Å². The molecule has 0 radical (unpaired) electrons. The molecule has 0 saturated carbocycles. The number of rotatable bonds is 3. The van der Waals surface area contributed by atoms with Gasteiger partial charge in [0.15, 0.2) is 17.2 Å². The predicted molar refractivity (Wildman–Crippen MR) is 66.6 cm³/mol. The highest BCUT2D eigenvalue weighted by molar-refractivity contribution is 5.68. The van der Waals surface area contributed by atoms with E-state index in [1.165, 1.54) is 0 Å². The fourth-order valence-corrected chi connectivity index (χ4v) is 2.09. The van der Waals surface area contributed by atoms with Crippen LogP contribution in [0.15, 0.2) is 18.2 Å². The van der Waals surface area contributed by atoms with Gasteiger partial charge in [-0.2, -0.15) is 5.26 Å². The Hall–Kier alpha value is -2.55. The lowest BCUT2D eigenvalue weighted by Crippen LogP contribution is -2.02. The summed E-state index contributed by atoms with van der Waals surface area (Å²) in [5.41, 5.74) is 1.91. The smallest absolute Gasteiger partial charge is 0.231 e. The van der Waals surface area contributed by atoms with Gasteiger partial charge in [-0.05, 0) is 24.6 Å². The first-order valence-electron chi connectivity index (χ1n) is 6.07. The Balaban J connectivity index is 2.11. The fourth-order valence-electron chi connectivity index (χ4n) is 2.09. The monoisotopic (exact) mass is 256 g/mol. The third kappa shape index (κ3) is 1.89. The van der Waals surface area contributed by atoms with E-state index in [9.17, 15) is 0 Å². The highest BCUT2D eigenvalue weighted by Gasteiger charge is 2.19. The standard InChI is InChI=1S/C13H12N4O2/c1-2-5-17-13(10(7-14)15-16-17)9-3-4-11-12(6-9)19-8-18-11/h3-4,6H,2,5,8H2,1H3. The molecule has 2 heterocycles. The first kappa shape index (κ1) is 11.5. The van der Waals surface area contributed by atoms with Gasteiger partial charge in [0.1, 0.15) is 11.8 Å². The fraction of sp³-hybridized carbons (Fsp3) is 0.308. The van der Waals surface area contributed by atoms with Gasteiger partial charge in [-0.1, -0.05) is 12.1 Å². The van der Waals surface area contributed by atoms with Gasteiger partial charge in [0.25, 0.3) is 0 Å². The van der Waals surface area contributed by atoms with Crippen LogP contribution in [-0.2, 0) is 6.54 Å². The largest absolute Gasteiger partial charge is 0.454 e. The molecular formula is C13H12N4O2. The molecule has 0 fully saturated rings. The molecule has 0 atom stereocenters. The van der Waals surface area contributed by atoms with Gasteiger partial charge in [0, 0.05) is 12.1 Å². The summed E-state index contributed by atoms with van der Waals surface area (Å²) in [4.78, 5) is 0. The molecule has 1 aromatic carbocycles. The number of ether oxygens (including phenoxy) is 2. The predicted octanol–water partition coefficient (Wildman–Crippen LogP) is 1.96. The molecule has 0 spiro atoms. The van der Waals surface area contributed by atoms with E-state index in [0.717, 1.165) is 30.0 Å². The number of benzene rings is 1. The van der Waals surface area contributed by atoms with Crippen molar-refractivity contribution in [3.05, 3.63) is 23.9 Å². The van der Waals surface area contributed by atoms with Crippen molar-refractivity contribution >= 4 is 0 Å². The van der Waals surface area contributed by atoms with Gasteiger partial charge in [-0.3, -0.25) is 0 Å². The van der Waals surface area contributed by atoms with E-state index >= 15 is 0 Å². The summed E-state index contributed by atoms with van der Waals surface area (Å²) in [5, 5.41) is 17.1. The summed E-state index contributed by atoms with van der Waals surface area (Å²) in [6.45, 7) is 3.01. The second kappa shape index (κ2) is 4.61. The van der Waals surface area contributed by atoms with E-state index in [-0.39, 0.29) is 6.79 Å². The zero-order valence-electron chi connectivity index (χ0n) is 10.5. The van der Waals surface area contributed by atoms with Crippen molar-refractivity contribution in [3.63, 3.8) is 0 Å². The maximum Gasteiger partial charge on any atom is 0.231 e. The molecule has 0 saturated heterocycles. The SMILES string of the molecule is CCCn1nnc(C#N)c1-c1ccc2c(c1)OCO2. The maximum atomic E-state index is 9.13. The average molecular weight is 256 g/mol. The molecule has 3 rings (SSSR count). The quantitative estimate of drug-likeness (QED) is 0.839. The van der Waals surface area contributed by atoms with Gasteiger partial charge in [0.2, 0.25) is 6.79 Å². The molecular weight excluding hydrogens is 244 g/mol. The van der Waals surface area contributed by atoms with Crippen LogP contribution in [0.4, 0.5) is 0 Å². The molecule has 2 aromatic rings. The zero-order chi connectivity index (χ0) is 13.2. The molecule has 0 amide bonds. The van der Waals surface area contributed by atoms with Crippen LogP contribution in [0.2, 0.25) is 0 Å². The van der Waals surface area contributed by atoms with Gasteiger partial charge in [-0.25, -0.2) is 4.68 Å². The lowest BCUT2D eigenvalue weighted by atomic mass is 10.1. The Morgan fingerprint density at radius 3 is 3.00 bits per heavy atom. The van der Waals surface area contributed by atoms with Gasteiger partial charge >= 0.3 is 0 Å². The average Bonchev–Trinajstić information content (AvgIpc) is 3.04. The van der Waals surface area contributed by atoms with Crippen LogP contribution < -0.4 is 9.47 Å². The van der Waals surface area contributed by atoms with Crippen molar-refractivity contribution in [1.82, 2.24) is 15.0 Å². The first-order valence-corrected chi connectivity index (χ1v) is 6.07. The van der Waals surface area contributed by atoms with Crippen molar-refractivity contribution in [2.45, 2.75) is 19.9 Å². The van der Waals surface area contributed by atoms with E-state index in [0.29, 0.717) is 11.4 Å². The summed E-state index contributed by atoms with van der Waals surface area (Å²) in [7, 11) is 0. The van der Waals surface area contributed by atoms with Gasteiger partial charge in [-0.15, -0.1) is 5.10 Å². The summed E-state index contributed by atoms with van der Waals surface area (Å²) in [6.07, 6.45) is 0.922. The van der Waals surface area contributed by atoms with Crippen LogP contribution in [0, 0.1) is 11.3 Å². The molecule has 1 aliphatic rings. The minimum atomic E-state index is 0.233. The molecule has 0 unspecified atom stereocenters. The maximum absolute atomic E-state index is 9.13. The van der Waals surface area contributed by atoms with Crippen molar-refractivity contribution in [3.8, 4) is 28.8 Å². The number of aromatic nitrogens is 3. The van der Waals surface area contributed by atoms with Crippen LogP contribution in [0.5, 0.6) is 11.5 Å². The molecule has 1 aromatic heterocycles. The Kier molecular flexibility index (Phi) is 2.80. The number of aryl methyl sites for hydroxylation is 1. The van der Waals surface area contributed by atoms with Crippen LogP contribution in [0.3, 0.4) is 0 Å². The first-order chi connectivity index (χ1) is 9.33. The van der Waals surface area contributed by atoms with Crippen molar-refractivity contribution in [1.29, 1.82) is 5.26 Å². The normalized spacial score (nSPS) is 12.4. The number of nitriles is 1. The number of nitrogens with zero attached hydrogens (tertiary/aromatic N) is 4. The molecule has 96 valence electrons. The van der Waals surface area contributed by atoms with Gasteiger partial charge in [0.05, 0.1) is 0 Å². The molecule has 1 aliphatic heterocycles. The van der Waals surface area contributed by atoms with Crippen LogP contribution in [-0.4, -0.2) is 21.8 Å². The van der Waals surface area contributed by atoms with Crippen molar-refractivity contribution < 1.29 is 9.47 Å². The Morgan fingerprint density at radius 2 is 2.21 bits per heavy atom.